The highest BCUT2D eigenvalue weighted by molar-refractivity contribution is 7.12. The number of nitrogens with zero attached hydrogens (tertiary/aromatic N) is 4. The van der Waals surface area contributed by atoms with Crippen LogP contribution >= 0.6 is 11.3 Å². The Kier molecular flexibility index (Phi) is 7.51. The molecule has 10 heteroatoms. The molecule has 2 N–H and O–H groups in total. The Morgan fingerprint density at radius 3 is 2.81 bits per heavy atom. The van der Waals surface area contributed by atoms with Crippen molar-refractivity contribution in [2.75, 3.05) is 23.8 Å². The number of pyridine rings is 1. The predicted molar refractivity (Wildman–Crippen MR) is 168 cm³/mol. The van der Waals surface area contributed by atoms with E-state index in [2.05, 4.69) is 15.6 Å². The number of rotatable bonds is 9. The Morgan fingerprint density at radius 1 is 1.00 bits per heavy atom. The van der Waals surface area contributed by atoms with Gasteiger partial charge >= 0.3 is 0 Å². The second kappa shape index (κ2) is 12.0. The van der Waals surface area contributed by atoms with Gasteiger partial charge < -0.3 is 20.1 Å². The molecule has 1 saturated heterocycles. The number of fused-ring (bicyclic) bond motifs is 1. The summed E-state index contributed by atoms with van der Waals surface area (Å²) < 4.78 is 13.7. The lowest BCUT2D eigenvalue weighted by Gasteiger charge is -2.13. The average Bonchev–Trinajstić information content (AvgIpc) is 3.82. The van der Waals surface area contributed by atoms with E-state index in [-0.39, 0.29) is 12.0 Å². The first-order valence-electron chi connectivity index (χ1n) is 14.1. The normalized spacial score (nSPS) is 14.6. The van der Waals surface area contributed by atoms with Crippen LogP contribution in [0.15, 0.2) is 103 Å². The fourth-order valence-corrected chi connectivity index (χ4v) is 5.71. The Labute approximate surface area is 252 Å². The number of thiophene rings is 1. The molecule has 43 heavy (non-hydrogen) atoms. The van der Waals surface area contributed by atoms with Crippen LogP contribution in [0.3, 0.4) is 0 Å². The summed E-state index contributed by atoms with van der Waals surface area (Å²) in [5.41, 5.74) is 5.39. The Bertz CT molecular complexity index is 1880. The summed E-state index contributed by atoms with van der Waals surface area (Å²) in [7, 11) is 0. The van der Waals surface area contributed by atoms with E-state index < -0.39 is 0 Å². The van der Waals surface area contributed by atoms with Gasteiger partial charge in [0.15, 0.2) is 0 Å². The van der Waals surface area contributed by atoms with Crippen molar-refractivity contribution >= 4 is 40.2 Å². The number of hydrogen-bond acceptors (Lipinski definition) is 8. The molecule has 0 bridgehead atoms. The number of hydrogen-bond donors (Lipinski definition) is 2. The molecule has 1 aliphatic heterocycles. The van der Waals surface area contributed by atoms with Crippen LogP contribution in [0, 0.1) is 0 Å². The second-order valence-corrected chi connectivity index (χ2v) is 11.1. The zero-order valence-electron chi connectivity index (χ0n) is 23.1. The Balaban J connectivity index is 1.18. The number of imidazole rings is 1. The van der Waals surface area contributed by atoms with Gasteiger partial charge in [0.25, 0.3) is 5.91 Å². The van der Waals surface area contributed by atoms with Crippen molar-refractivity contribution in [1.29, 1.82) is 0 Å². The van der Waals surface area contributed by atoms with Gasteiger partial charge in [0.2, 0.25) is 5.95 Å². The number of amides is 1. The highest BCUT2D eigenvalue weighted by atomic mass is 32.1. The van der Waals surface area contributed by atoms with Crippen LogP contribution in [0.5, 0.6) is 5.75 Å². The molecule has 0 saturated carbocycles. The second-order valence-electron chi connectivity index (χ2n) is 10.1. The number of benzene rings is 2. The van der Waals surface area contributed by atoms with Gasteiger partial charge in [-0.15, -0.1) is 11.3 Å². The minimum atomic E-state index is -0.143. The molecule has 4 aromatic heterocycles. The lowest BCUT2D eigenvalue weighted by atomic mass is 10.1. The summed E-state index contributed by atoms with van der Waals surface area (Å²) in [4.78, 5) is 27.7. The molecule has 5 heterocycles. The molecule has 1 fully saturated rings. The molecule has 0 spiro atoms. The monoisotopic (exact) mass is 588 g/mol. The molecule has 2 aromatic carbocycles. The zero-order chi connectivity index (χ0) is 29.0. The van der Waals surface area contributed by atoms with E-state index in [1.807, 2.05) is 94.8 Å². The first-order chi connectivity index (χ1) is 21.2. The van der Waals surface area contributed by atoms with Crippen molar-refractivity contribution in [2.45, 2.75) is 18.9 Å². The van der Waals surface area contributed by atoms with Crippen LogP contribution in [0.25, 0.3) is 28.3 Å². The van der Waals surface area contributed by atoms with Gasteiger partial charge in [-0.05, 0) is 66.8 Å². The van der Waals surface area contributed by atoms with Crippen molar-refractivity contribution in [1.82, 2.24) is 19.4 Å². The number of anilines is 3. The summed E-state index contributed by atoms with van der Waals surface area (Å²) in [6.45, 7) is 1.33. The van der Waals surface area contributed by atoms with Crippen LogP contribution in [0.1, 0.15) is 22.5 Å². The molecule has 0 aliphatic carbocycles. The minimum absolute atomic E-state index is 0.143. The van der Waals surface area contributed by atoms with E-state index in [1.165, 1.54) is 11.3 Å². The number of ether oxygens (including phenoxy) is 2. The average molecular weight is 589 g/mol. The van der Waals surface area contributed by atoms with E-state index in [0.29, 0.717) is 28.8 Å². The van der Waals surface area contributed by atoms with E-state index >= 15 is 0 Å². The highest BCUT2D eigenvalue weighted by Crippen LogP contribution is 2.34. The molecular formula is C33H28N6O3S. The number of nitrogens with one attached hydrogen (secondary N) is 2. The Morgan fingerprint density at radius 2 is 1.93 bits per heavy atom. The van der Waals surface area contributed by atoms with Crippen molar-refractivity contribution in [3.05, 3.63) is 108 Å². The topological polar surface area (TPSA) is 103 Å². The largest absolute Gasteiger partial charge is 0.491 e. The van der Waals surface area contributed by atoms with Crippen LogP contribution in [0.2, 0.25) is 0 Å². The maximum absolute atomic E-state index is 12.7. The molecule has 1 unspecified atom stereocenters. The first-order valence-corrected chi connectivity index (χ1v) is 14.9. The van der Waals surface area contributed by atoms with Crippen LogP contribution < -0.4 is 15.4 Å². The van der Waals surface area contributed by atoms with Gasteiger partial charge in [0.1, 0.15) is 18.0 Å². The van der Waals surface area contributed by atoms with Crippen LogP contribution in [0.4, 0.5) is 17.3 Å². The third-order valence-electron chi connectivity index (χ3n) is 7.12. The summed E-state index contributed by atoms with van der Waals surface area (Å²) in [5.74, 6) is 1.06. The van der Waals surface area contributed by atoms with Gasteiger partial charge in [-0.25, -0.2) is 15.0 Å². The van der Waals surface area contributed by atoms with Crippen molar-refractivity contribution in [3.8, 4) is 28.4 Å². The quantitative estimate of drug-likeness (QED) is 0.186. The Hall–Kier alpha value is -5.06. The fourth-order valence-electron chi connectivity index (χ4n) is 5.10. The number of carbonyl (C=O) groups is 1. The maximum Gasteiger partial charge on any atom is 0.265 e. The summed E-state index contributed by atoms with van der Waals surface area (Å²) in [6.07, 6.45) is 5.95. The highest BCUT2D eigenvalue weighted by Gasteiger charge is 2.19. The summed E-state index contributed by atoms with van der Waals surface area (Å²) in [5, 5.41) is 8.20. The first kappa shape index (κ1) is 26.8. The van der Waals surface area contributed by atoms with E-state index in [4.69, 9.17) is 19.4 Å². The lowest BCUT2D eigenvalue weighted by molar-refractivity contribution is 0.0680. The lowest BCUT2D eigenvalue weighted by Crippen LogP contribution is -2.16. The van der Waals surface area contributed by atoms with Crippen LogP contribution in [-0.2, 0) is 4.74 Å². The van der Waals surface area contributed by atoms with Crippen molar-refractivity contribution in [2.24, 2.45) is 0 Å². The molecule has 9 nitrogen and oxygen atoms in total. The van der Waals surface area contributed by atoms with Crippen molar-refractivity contribution < 1.29 is 14.3 Å². The smallest absolute Gasteiger partial charge is 0.265 e. The van der Waals surface area contributed by atoms with Crippen molar-refractivity contribution in [3.63, 3.8) is 0 Å². The third kappa shape index (κ3) is 5.97. The van der Waals surface area contributed by atoms with E-state index in [9.17, 15) is 4.79 Å². The number of aromatic nitrogens is 4. The van der Waals surface area contributed by atoms with Gasteiger partial charge in [0, 0.05) is 42.0 Å². The SMILES string of the molecule is O=C(Nc1cccc(-c2nc3ccccn3c2-c2ccnc(Nc3cccc(OCC4CCCO4)c3)n2)c1)c1cccs1. The summed E-state index contributed by atoms with van der Waals surface area (Å²) >= 11 is 1.40. The predicted octanol–water partition coefficient (Wildman–Crippen LogP) is 7.07. The van der Waals surface area contributed by atoms with Gasteiger partial charge in [0.05, 0.1) is 28.1 Å². The summed E-state index contributed by atoms with van der Waals surface area (Å²) in [6, 6.07) is 26.8. The minimum Gasteiger partial charge on any atom is -0.491 e. The molecule has 6 aromatic rings. The fraction of sp³-hybridized carbons (Fsp3) is 0.152. The standard InChI is InChI=1S/C33H28N6O3S/c40-32(28-12-6-18-43-28)35-23-8-3-7-22(19-23)30-31(39-16-2-1-13-29(39)38-30)27-14-15-34-33(37-27)36-24-9-4-10-25(20-24)42-21-26-11-5-17-41-26/h1-4,6-10,12-16,18-20,26H,5,11,17,21H2,(H,35,40)(H,34,36,37). The van der Waals surface area contributed by atoms with Gasteiger partial charge in [-0.3, -0.25) is 9.20 Å². The van der Waals surface area contributed by atoms with Crippen LogP contribution in [-0.4, -0.2) is 44.6 Å². The molecule has 214 valence electrons. The third-order valence-corrected chi connectivity index (χ3v) is 7.99. The molecular weight excluding hydrogens is 560 g/mol. The molecule has 7 rings (SSSR count). The molecule has 1 aliphatic rings. The molecule has 1 atom stereocenters. The molecule has 0 radical (unpaired) electrons. The molecule has 1 amide bonds. The number of carbonyl (C=O) groups excluding carboxylic acids is 1. The zero-order valence-corrected chi connectivity index (χ0v) is 24.0. The van der Waals surface area contributed by atoms with E-state index in [1.54, 1.807) is 12.3 Å². The maximum atomic E-state index is 12.7. The van der Waals surface area contributed by atoms with Gasteiger partial charge in [-0.2, -0.15) is 0 Å². The van der Waals surface area contributed by atoms with Gasteiger partial charge in [-0.1, -0.05) is 30.3 Å². The van der Waals surface area contributed by atoms with E-state index in [0.717, 1.165) is 53.5 Å².